The van der Waals surface area contributed by atoms with Crippen LogP contribution in [0, 0.1) is 11.8 Å². The quantitative estimate of drug-likeness (QED) is 0.781. The molecule has 2 saturated heterocycles. The maximum absolute atomic E-state index is 12.6. The zero-order valence-electron chi connectivity index (χ0n) is 16.2. The molecule has 1 aromatic carbocycles. The second kappa shape index (κ2) is 9.57. The van der Waals surface area contributed by atoms with Crippen molar-refractivity contribution in [1.29, 1.82) is 0 Å². The van der Waals surface area contributed by atoms with Gasteiger partial charge in [0, 0.05) is 32.7 Å². The Morgan fingerprint density at radius 2 is 1.71 bits per heavy atom. The summed E-state index contributed by atoms with van der Waals surface area (Å²) >= 11 is 0. The number of rotatable bonds is 6. The first kappa shape index (κ1) is 20.2. The fourth-order valence-corrected chi connectivity index (χ4v) is 3.99. The van der Waals surface area contributed by atoms with Crippen LogP contribution in [0.2, 0.25) is 0 Å². The number of carbonyl (C=O) groups is 3. The Kier molecular flexibility index (Phi) is 6.90. The zero-order chi connectivity index (χ0) is 19.9. The van der Waals surface area contributed by atoms with E-state index in [1.807, 2.05) is 35.2 Å². The SMILES string of the molecule is O=C(O)C(CNC(=O)C1CCCN(C(=O)N2CCCC2)C1)Cc1ccccc1. The molecule has 2 heterocycles. The van der Waals surface area contributed by atoms with Gasteiger partial charge >= 0.3 is 12.0 Å². The Balaban J connectivity index is 1.51. The van der Waals surface area contributed by atoms with Crippen LogP contribution in [-0.2, 0) is 16.0 Å². The Morgan fingerprint density at radius 1 is 1.04 bits per heavy atom. The third-order valence-electron chi connectivity index (χ3n) is 5.64. The first-order valence-corrected chi connectivity index (χ1v) is 10.1. The number of nitrogens with one attached hydrogen (secondary N) is 1. The summed E-state index contributed by atoms with van der Waals surface area (Å²) in [7, 11) is 0. The summed E-state index contributed by atoms with van der Waals surface area (Å²) in [5, 5.41) is 12.3. The minimum atomic E-state index is -0.918. The molecule has 3 amide bonds. The highest BCUT2D eigenvalue weighted by Gasteiger charge is 2.32. The number of piperidine rings is 1. The summed E-state index contributed by atoms with van der Waals surface area (Å²) in [6, 6.07) is 9.45. The second-order valence-corrected chi connectivity index (χ2v) is 7.73. The molecule has 1 aromatic rings. The molecule has 2 fully saturated rings. The van der Waals surface area contributed by atoms with Gasteiger partial charge < -0.3 is 20.2 Å². The van der Waals surface area contributed by atoms with E-state index in [0.717, 1.165) is 44.3 Å². The summed E-state index contributed by atoms with van der Waals surface area (Å²) in [5.74, 6) is -2.01. The number of hydrogen-bond donors (Lipinski definition) is 2. The summed E-state index contributed by atoms with van der Waals surface area (Å²) in [5.41, 5.74) is 0.934. The van der Waals surface area contributed by atoms with Gasteiger partial charge in [-0.1, -0.05) is 30.3 Å². The number of aliphatic carboxylic acids is 1. The number of carboxylic acid groups (broad SMARTS) is 1. The Hall–Kier alpha value is -2.57. The molecule has 28 heavy (non-hydrogen) atoms. The molecule has 7 heteroatoms. The third kappa shape index (κ3) is 5.24. The van der Waals surface area contributed by atoms with E-state index < -0.39 is 11.9 Å². The number of urea groups is 1. The Bertz CT molecular complexity index is 688. The molecule has 0 bridgehead atoms. The predicted molar refractivity (Wildman–Crippen MR) is 105 cm³/mol. The van der Waals surface area contributed by atoms with E-state index in [0.29, 0.717) is 19.5 Å². The molecule has 2 unspecified atom stereocenters. The van der Waals surface area contributed by atoms with Gasteiger partial charge in [-0.15, -0.1) is 0 Å². The lowest BCUT2D eigenvalue weighted by molar-refractivity contribution is -0.141. The first-order valence-electron chi connectivity index (χ1n) is 10.1. The van der Waals surface area contributed by atoms with Crippen LogP contribution in [0.25, 0.3) is 0 Å². The van der Waals surface area contributed by atoms with E-state index in [2.05, 4.69) is 5.32 Å². The number of hydrogen-bond acceptors (Lipinski definition) is 3. The summed E-state index contributed by atoms with van der Waals surface area (Å²) in [4.78, 5) is 40.4. The lowest BCUT2D eigenvalue weighted by atomic mass is 9.96. The molecular weight excluding hydrogens is 358 g/mol. The van der Waals surface area contributed by atoms with Crippen LogP contribution in [0.1, 0.15) is 31.2 Å². The maximum atomic E-state index is 12.6. The van der Waals surface area contributed by atoms with Crippen molar-refractivity contribution in [2.24, 2.45) is 11.8 Å². The van der Waals surface area contributed by atoms with Gasteiger partial charge in [0.2, 0.25) is 5.91 Å². The maximum Gasteiger partial charge on any atom is 0.320 e. The molecule has 0 radical (unpaired) electrons. The summed E-state index contributed by atoms with van der Waals surface area (Å²) in [6.07, 6.45) is 3.99. The average Bonchev–Trinajstić information content (AvgIpc) is 3.26. The van der Waals surface area contributed by atoms with Crippen molar-refractivity contribution in [2.45, 2.75) is 32.1 Å². The highest BCUT2D eigenvalue weighted by Crippen LogP contribution is 2.20. The molecule has 2 N–H and O–H groups in total. The van der Waals surface area contributed by atoms with E-state index in [4.69, 9.17) is 0 Å². The summed E-state index contributed by atoms with van der Waals surface area (Å²) in [6.45, 7) is 2.79. The zero-order valence-corrected chi connectivity index (χ0v) is 16.2. The number of likely N-dealkylation sites (tertiary alicyclic amines) is 2. The van der Waals surface area contributed by atoms with Crippen molar-refractivity contribution < 1.29 is 19.5 Å². The molecule has 3 rings (SSSR count). The van der Waals surface area contributed by atoms with Crippen LogP contribution in [0.3, 0.4) is 0 Å². The van der Waals surface area contributed by atoms with Crippen LogP contribution >= 0.6 is 0 Å². The summed E-state index contributed by atoms with van der Waals surface area (Å²) < 4.78 is 0. The molecule has 2 aliphatic heterocycles. The molecule has 152 valence electrons. The van der Waals surface area contributed by atoms with Gasteiger partial charge in [-0.05, 0) is 37.7 Å². The van der Waals surface area contributed by atoms with Gasteiger partial charge in [0.15, 0.2) is 0 Å². The third-order valence-corrected chi connectivity index (χ3v) is 5.64. The Labute approximate surface area is 165 Å². The first-order chi connectivity index (χ1) is 13.5. The molecule has 0 spiro atoms. The van der Waals surface area contributed by atoms with Crippen LogP contribution in [0.15, 0.2) is 30.3 Å². The molecule has 2 aliphatic rings. The predicted octanol–water partition coefficient (Wildman–Crippen LogP) is 1.97. The molecule has 7 nitrogen and oxygen atoms in total. The van der Waals surface area contributed by atoms with Crippen molar-refractivity contribution in [1.82, 2.24) is 15.1 Å². The van der Waals surface area contributed by atoms with E-state index in [9.17, 15) is 19.5 Å². The van der Waals surface area contributed by atoms with Gasteiger partial charge in [0.1, 0.15) is 0 Å². The van der Waals surface area contributed by atoms with Gasteiger partial charge in [0.25, 0.3) is 0 Å². The fraction of sp³-hybridized carbons (Fsp3) is 0.571. The van der Waals surface area contributed by atoms with Gasteiger partial charge in [0.05, 0.1) is 11.8 Å². The minimum Gasteiger partial charge on any atom is -0.481 e. The average molecular weight is 387 g/mol. The molecule has 0 aromatic heterocycles. The van der Waals surface area contributed by atoms with Gasteiger partial charge in [-0.3, -0.25) is 9.59 Å². The Morgan fingerprint density at radius 3 is 2.39 bits per heavy atom. The normalized spacial score (nSPS) is 20.6. The van der Waals surface area contributed by atoms with E-state index in [-0.39, 0.29) is 24.4 Å². The topological polar surface area (TPSA) is 90.0 Å². The standard InChI is InChI=1S/C21H29N3O4/c25-19(22-14-18(20(26)27)13-16-7-2-1-3-8-16)17-9-6-12-24(15-17)21(28)23-10-4-5-11-23/h1-3,7-8,17-18H,4-6,9-15H2,(H,22,25)(H,26,27). The van der Waals surface area contributed by atoms with E-state index in [1.165, 1.54) is 0 Å². The van der Waals surface area contributed by atoms with Crippen LogP contribution < -0.4 is 5.32 Å². The lowest BCUT2D eigenvalue weighted by Crippen LogP contribution is -2.50. The van der Waals surface area contributed by atoms with Crippen molar-refractivity contribution in [2.75, 3.05) is 32.7 Å². The highest BCUT2D eigenvalue weighted by molar-refractivity contribution is 5.81. The fourth-order valence-electron chi connectivity index (χ4n) is 3.99. The van der Waals surface area contributed by atoms with Crippen molar-refractivity contribution in [3.8, 4) is 0 Å². The van der Waals surface area contributed by atoms with Crippen LogP contribution in [-0.4, -0.2) is 65.5 Å². The number of nitrogens with zero attached hydrogens (tertiary/aromatic N) is 2. The number of carboxylic acids is 1. The number of amides is 3. The number of benzene rings is 1. The largest absolute Gasteiger partial charge is 0.481 e. The molecular formula is C21H29N3O4. The number of carbonyl (C=O) groups excluding carboxylic acids is 2. The smallest absolute Gasteiger partial charge is 0.320 e. The molecule has 2 atom stereocenters. The van der Waals surface area contributed by atoms with E-state index in [1.54, 1.807) is 4.90 Å². The van der Waals surface area contributed by atoms with Crippen molar-refractivity contribution in [3.63, 3.8) is 0 Å². The second-order valence-electron chi connectivity index (χ2n) is 7.73. The van der Waals surface area contributed by atoms with Gasteiger partial charge in [-0.25, -0.2) is 4.79 Å². The van der Waals surface area contributed by atoms with Crippen LogP contribution in [0.5, 0.6) is 0 Å². The molecule has 0 aliphatic carbocycles. The van der Waals surface area contributed by atoms with E-state index >= 15 is 0 Å². The highest BCUT2D eigenvalue weighted by atomic mass is 16.4. The van der Waals surface area contributed by atoms with Crippen LogP contribution in [0.4, 0.5) is 4.79 Å². The lowest BCUT2D eigenvalue weighted by Gasteiger charge is -2.34. The van der Waals surface area contributed by atoms with Crippen molar-refractivity contribution >= 4 is 17.9 Å². The van der Waals surface area contributed by atoms with Crippen molar-refractivity contribution in [3.05, 3.63) is 35.9 Å². The van der Waals surface area contributed by atoms with Gasteiger partial charge in [-0.2, -0.15) is 0 Å². The molecule has 0 saturated carbocycles. The monoisotopic (exact) mass is 387 g/mol. The minimum absolute atomic E-state index is 0.0301.